The van der Waals surface area contributed by atoms with Crippen LogP contribution in [0.5, 0.6) is 0 Å². The molecule has 0 unspecified atom stereocenters. The van der Waals surface area contributed by atoms with E-state index in [1.54, 1.807) is 24.3 Å². The van der Waals surface area contributed by atoms with Crippen LogP contribution < -0.4 is 10.5 Å². The predicted molar refractivity (Wildman–Crippen MR) is 127 cm³/mol. The number of likely N-dealkylation sites (N-methyl/N-ethyl adjacent to an activating group) is 1. The van der Waals surface area contributed by atoms with Crippen molar-refractivity contribution in [3.05, 3.63) is 63.1 Å². The Bertz CT molecular complexity index is 1020. The third-order valence-electron chi connectivity index (χ3n) is 5.24. The molecule has 3 N–H and O–H groups in total. The van der Waals surface area contributed by atoms with E-state index in [1.807, 2.05) is 19.2 Å². The molecule has 3 rings (SSSR count). The Labute approximate surface area is 199 Å². The highest BCUT2D eigenvalue weighted by Gasteiger charge is 2.28. The molecule has 2 aromatic carbocycles. The molecule has 0 spiro atoms. The molecule has 0 radical (unpaired) electrons. The Morgan fingerprint density at radius 3 is 2.62 bits per heavy atom. The van der Waals surface area contributed by atoms with E-state index >= 15 is 0 Å². The lowest BCUT2D eigenvalue weighted by Gasteiger charge is -2.33. The lowest BCUT2D eigenvalue weighted by Crippen LogP contribution is -2.31. The van der Waals surface area contributed by atoms with Crippen molar-refractivity contribution in [3.8, 4) is 0 Å². The second-order valence-electron chi connectivity index (χ2n) is 7.69. The van der Waals surface area contributed by atoms with E-state index in [4.69, 9.17) is 38.4 Å². The van der Waals surface area contributed by atoms with E-state index in [1.165, 1.54) is 0 Å². The molecular formula is C22H29Cl2N3O4S. The summed E-state index contributed by atoms with van der Waals surface area (Å²) in [5.74, 6) is -0.0352. The van der Waals surface area contributed by atoms with Crippen LogP contribution in [0.4, 0.5) is 0 Å². The predicted octanol–water partition coefficient (Wildman–Crippen LogP) is 2.84. The van der Waals surface area contributed by atoms with Gasteiger partial charge in [-0.2, -0.15) is 0 Å². The van der Waals surface area contributed by atoms with Gasteiger partial charge in [-0.15, -0.1) is 0 Å². The zero-order chi connectivity index (χ0) is 23.1. The molecule has 1 atom stereocenters. The van der Waals surface area contributed by atoms with Crippen molar-refractivity contribution in [1.29, 1.82) is 0 Å². The fraction of sp³-hybridized carbons (Fsp3) is 0.455. The minimum absolute atomic E-state index is 0.0352. The van der Waals surface area contributed by atoms with Gasteiger partial charge in [0, 0.05) is 42.1 Å². The van der Waals surface area contributed by atoms with Gasteiger partial charge in [-0.05, 0) is 48.0 Å². The van der Waals surface area contributed by atoms with E-state index in [0.717, 1.165) is 29.8 Å². The van der Waals surface area contributed by atoms with Crippen LogP contribution in [0, 0.1) is 0 Å². The molecule has 0 saturated heterocycles. The summed E-state index contributed by atoms with van der Waals surface area (Å²) < 4.78 is 38.8. The molecule has 32 heavy (non-hydrogen) atoms. The summed E-state index contributed by atoms with van der Waals surface area (Å²) in [6.07, 6.45) is 0. The Kier molecular flexibility index (Phi) is 9.33. The third kappa shape index (κ3) is 6.65. The number of hydrogen-bond acceptors (Lipinski definition) is 6. The molecule has 0 bridgehead atoms. The smallest absolute Gasteiger partial charge is 0.240 e. The molecule has 0 amide bonds. The molecule has 1 heterocycles. The van der Waals surface area contributed by atoms with Gasteiger partial charge in [-0.25, -0.2) is 13.1 Å². The third-order valence-corrected chi connectivity index (χ3v) is 7.25. The second-order valence-corrected chi connectivity index (χ2v) is 10.3. The number of ether oxygens (including phenoxy) is 2. The molecule has 176 valence electrons. The van der Waals surface area contributed by atoms with Crippen LogP contribution in [-0.2, 0) is 26.0 Å². The molecular weight excluding hydrogens is 473 g/mol. The number of sulfonamides is 1. The molecule has 0 aliphatic carbocycles. The first kappa shape index (κ1) is 25.4. The first-order valence-corrected chi connectivity index (χ1v) is 12.7. The maximum Gasteiger partial charge on any atom is 0.240 e. The number of nitrogens with two attached hydrogens (primary N) is 1. The Morgan fingerprint density at radius 2 is 1.88 bits per heavy atom. The summed E-state index contributed by atoms with van der Waals surface area (Å²) in [6, 6.07) is 10.7. The first-order valence-electron chi connectivity index (χ1n) is 10.4. The number of halogens is 2. The number of fused-ring (bicyclic) bond motifs is 1. The van der Waals surface area contributed by atoms with Crippen LogP contribution in [0.25, 0.3) is 0 Å². The minimum atomic E-state index is -3.67. The van der Waals surface area contributed by atoms with E-state index in [0.29, 0.717) is 36.4 Å². The highest BCUT2D eigenvalue weighted by molar-refractivity contribution is 7.89. The van der Waals surface area contributed by atoms with Gasteiger partial charge >= 0.3 is 0 Å². The van der Waals surface area contributed by atoms with Crippen molar-refractivity contribution < 1.29 is 17.9 Å². The minimum Gasteiger partial charge on any atom is -0.378 e. The molecule has 7 nitrogen and oxygen atoms in total. The van der Waals surface area contributed by atoms with Crippen LogP contribution in [0.3, 0.4) is 0 Å². The van der Waals surface area contributed by atoms with E-state index in [9.17, 15) is 8.42 Å². The van der Waals surface area contributed by atoms with Crippen LogP contribution in [0.2, 0.25) is 10.0 Å². The number of benzene rings is 2. The van der Waals surface area contributed by atoms with Crippen LogP contribution in [0.1, 0.15) is 22.6 Å². The van der Waals surface area contributed by atoms with Gasteiger partial charge in [-0.1, -0.05) is 35.3 Å². The van der Waals surface area contributed by atoms with E-state index in [2.05, 4.69) is 9.62 Å². The average molecular weight is 502 g/mol. The average Bonchev–Trinajstić information content (AvgIpc) is 2.76. The van der Waals surface area contributed by atoms with Crippen molar-refractivity contribution in [2.75, 3.05) is 53.1 Å². The summed E-state index contributed by atoms with van der Waals surface area (Å²) in [5, 5.41) is 1.20. The first-order chi connectivity index (χ1) is 15.3. The van der Waals surface area contributed by atoms with Crippen LogP contribution in [0.15, 0.2) is 41.3 Å². The maximum atomic E-state index is 12.8. The zero-order valence-electron chi connectivity index (χ0n) is 18.0. The van der Waals surface area contributed by atoms with Crippen molar-refractivity contribution in [2.24, 2.45) is 5.73 Å². The Balaban J connectivity index is 1.69. The van der Waals surface area contributed by atoms with Crippen LogP contribution in [-0.4, -0.2) is 66.4 Å². The lowest BCUT2D eigenvalue weighted by atomic mass is 9.85. The van der Waals surface area contributed by atoms with E-state index < -0.39 is 10.0 Å². The largest absolute Gasteiger partial charge is 0.378 e. The number of nitrogens with zero attached hydrogens (tertiary/aromatic N) is 1. The SMILES string of the molecule is CN1Cc2c(Cl)cc(Cl)cc2[C@H](c2cccc(S(=O)(=O)NCCOCCOCCN)c2)C1. The Morgan fingerprint density at radius 1 is 1.12 bits per heavy atom. The van der Waals surface area contributed by atoms with Crippen molar-refractivity contribution in [2.45, 2.75) is 17.4 Å². The van der Waals surface area contributed by atoms with Crippen molar-refractivity contribution >= 4 is 33.2 Å². The quantitative estimate of drug-likeness (QED) is 0.459. The summed E-state index contributed by atoms with van der Waals surface area (Å²) in [6.45, 7) is 3.63. The van der Waals surface area contributed by atoms with Crippen molar-refractivity contribution in [3.63, 3.8) is 0 Å². The monoisotopic (exact) mass is 501 g/mol. The molecule has 1 aliphatic rings. The highest BCUT2D eigenvalue weighted by atomic mass is 35.5. The maximum absolute atomic E-state index is 12.8. The normalized spacial score (nSPS) is 16.8. The van der Waals surface area contributed by atoms with Crippen molar-refractivity contribution in [1.82, 2.24) is 9.62 Å². The lowest BCUT2D eigenvalue weighted by molar-refractivity contribution is 0.0530. The molecule has 0 fully saturated rings. The Hall–Kier alpha value is -1.23. The number of nitrogens with one attached hydrogen (secondary N) is 1. The molecule has 0 aromatic heterocycles. The molecule has 10 heteroatoms. The summed E-state index contributed by atoms with van der Waals surface area (Å²) in [4.78, 5) is 2.38. The molecule has 0 saturated carbocycles. The summed E-state index contributed by atoms with van der Waals surface area (Å²) in [5.41, 5.74) is 8.29. The van der Waals surface area contributed by atoms with Gasteiger partial charge in [0.15, 0.2) is 0 Å². The van der Waals surface area contributed by atoms with Gasteiger partial charge in [0.25, 0.3) is 0 Å². The van der Waals surface area contributed by atoms with Gasteiger partial charge in [0.2, 0.25) is 10.0 Å². The highest BCUT2D eigenvalue weighted by Crippen LogP contribution is 2.38. The van der Waals surface area contributed by atoms with Gasteiger partial charge in [-0.3, -0.25) is 0 Å². The van der Waals surface area contributed by atoms with Gasteiger partial charge < -0.3 is 20.1 Å². The van der Waals surface area contributed by atoms with Gasteiger partial charge in [0.05, 0.1) is 31.3 Å². The number of hydrogen-bond donors (Lipinski definition) is 2. The standard InChI is InChI=1S/C22H29Cl2N3O4S/c1-27-14-20(19-12-17(23)13-22(24)21(19)15-27)16-3-2-4-18(11-16)32(28,29)26-6-8-31-10-9-30-7-5-25/h2-4,11-13,20,26H,5-10,14-15,25H2,1H3/t20-/m0/s1. The summed E-state index contributed by atoms with van der Waals surface area (Å²) in [7, 11) is -1.66. The topological polar surface area (TPSA) is 93.9 Å². The molecule has 2 aromatic rings. The number of rotatable bonds is 11. The molecule has 1 aliphatic heterocycles. The second kappa shape index (κ2) is 11.8. The fourth-order valence-corrected chi connectivity index (χ4v) is 5.40. The van der Waals surface area contributed by atoms with E-state index in [-0.39, 0.29) is 24.0 Å². The van der Waals surface area contributed by atoms with Gasteiger partial charge in [0.1, 0.15) is 0 Å². The zero-order valence-corrected chi connectivity index (χ0v) is 20.3. The van der Waals surface area contributed by atoms with Crippen LogP contribution >= 0.6 is 23.2 Å². The summed E-state index contributed by atoms with van der Waals surface area (Å²) >= 11 is 12.7. The fourth-order valence-electron chi connectivity index (χ4n) is 3.77.